The van der Waals surface area contributed by atoms with Crippen molar-refractivity contribution in [1.29, 1.82) is 0 Å². The van der Waals surface area contributed by atoms with E-state index in [9.17, 15) is 4.79 Å². The zero-order chi connectivity index (χ0) is 12.7. The van der Waals surface area contributed by atoms with Crippen LogP contribution in [0.3, 0.4) is 0 Å². The van der Waals surface area contributed by atoms with E-state index in [0.29, 0.717) is 13.2 Å². The van der Waals surface area contributed by atoms with Crippen LogP contribution in [0.2, 0.25) is 0 Å². The van der Waals surface area contributed by atoms with Crippen molar-refractivity contribution >= 4 is 6.09 Å². The molecule has 0 aliphatic heterocycles. The predicted octanol–water partition coefficient (Wildman–Crippen LogP) is 2.50. The highest BCUT2D eigenvalue weighted by Crippen LogP contribution is 2.20. The minimum atomic E-state index is -0.406. The molecule has 0 aliphatic rings. The Labute approximate surface area is 102 Å². The number of nitrogens with one attached hydrogen (secondary N) is 1. The van der Waals surface area contributed by atoms with Crippen molar-refractivity contribution in [2.45, 2.75) is 26.8 Å². The van der Waals surface area contributed by atoms with Crippen LogP contribution in [0.5, 0.6) is 5.75 Å². The van der Waals surface area contributed by atoms with Crippen LogP contribution >= 0.6 is 0 Å². The van der Waals surface area contributed by atoms with E-state index in [1.165, 1.54) is 5.56 Å². The number of amides is 1. The number of hydrogen-bond donors (Lipinski definition) is 1. The Morgan fingerprint density at radius 3 is 2.71 bits per heavy atom. The van der Waals surface area contributed by atoms with Crippen LogP contribution in [-0.4, -0.2) is 19.8 Å². The molecule has 0 aliphatic carbocycles. The second kappa shape index (κ2) is 6.78. The lowest BCUT2D eigenvalue weighted by Crippen LogP contribution is -2.23. The van der Waals surface area contributed by atoms with Gasteiger partial charge in [-0.2, -0.15) is 0 Å². The van der Waals surface area contributed by atoms with Crippen LogP contribution in [0, 0.1) is 0 Å². The summed E-state index contributed by atoms with van der Waals surface area (Å²) in [4.78, 5) is 11.2. The van der Waals surface area contributed by atoms with Gasteiger partial charge in [0, 0.05) is 12.1 Å². The van der Waals surface area contributed by atoms with Crippen molar-refractivity contribution in [3.63, 3.8) is 0 Å². The molecule has 1 N–H and O–H groups in total. The molecule has 0 bridgehead atoms. The van der Waals surface area contributed by atoms with Gasteiger partial charge in [-0.3, -0.25) is 0 Å². The molecule has 0 spiro atoms. The molecule has 1 aromatic rings. The number of carbonyl (C=O) groups excluding carboxylic acids is 1. The number of rotatable bonds is 5. The molecule has 17 heavy (non-hydrogen) atoms. The number of aryl methyl sites for hydroxylation is 1. The fourth-order valence-electron chi connectivity index (χ4n) is 1.54. The smallest absolute Gasteiger partial charge is 0.407 e. The molecule has 0 radical (unpaired) electrons. The highest BCUT2D eigenvalue weighted by molar-refractivity contribution is 5.67. The van der Waals surface area contributed by atoms with Gasteiger partial charge in [-0.25, -0.2) is 4.79 Å². The minimum absolute atomic E-state index is 0.373. The summed E-state index contributed by atoms with van der Waals surface area (Å²) in [6.07, 6.45) is 0.549. The molecule has 0 atom stereocenters. The third kappa shape index (κ3) is 3.98. The summed E-state index contributed by atoms with van der Waals surface area (Å²) < 4.78 is 10.0. The second-order valence-corrected chi connectivity index (χ2v) is 3.57. The van der Waals surface area contributed by atoms with Gasteiger partial charge in [0.25, 0.3) is 0 Å². The van der Waals surface area contributed by atoms with Gasteiger partial charge in [0.15, 0.2) is 0 Å². The third-order valence-electron chi connectivity index (χ3n) is 2.45. The lowest BCUT2D eigenvalue weighted by atomic mass is 10.1. The first-order chi connectivity index (χ1) is 8.21. The Morgan fingerprint density at radius 1 is 1.35 bits per heavy atom. The third-order valence-corrected chi connectivity index (χ3v) is 2.45. The molecule has 4 nitrogen and oxygen atoms in total. The van der Waals surface area contributed by atoms with E-state index in [1.807, 2.05) is 18.2 Å². The van der Waals surface area contributed by atoms with E-state index in [-0.39, 0.29) is 0 Å². The maximum Gasteiger partial charge on any atom is 0.407 e. The highest BCUT2D eigenvalue weighted by atomic mass is 16.5. The molecule has 0 heterocycles. The van der Waals surface area contributed by atoms with Crippen molar-refractivity contribution in [2.24, 2.45) is 0 Å². The average Bonchev–Trinajstić information content (AvgIpc) is 2.36. The van der Waals surface area contributed by atoms with Crippen LogP contribution in [0.15, 0.2) is 18.2 Å². The zero-order valence-corrected chi connectivity index (χ0v) is 10.6. The van der Waals surface area contributed by atoms with Crippen molar-refractivity contribution in [3.8, 4) is 5.75 Å². The number of alkyl carbamates (subject to hydrolysis) is 1. The Morgan fingerprint density at radius 2 is 2.12 bits per heavy atom. The lowest BCUT2D eigenvalue weighted by molar-refractivity contribution is 0.151. The normalized spacial score (nSPS) is 9.82. The van der Waals surface area contributed by atoms with Crippen molar-refractivity contribution < 1.29 is 14.3 Å². The first kappa shape index (κ1) is 13.4. The maximum atomic E-state index is 11.2. The molecule has 0 unspecified atom stereocenters. The summed E-state index contributed by atoms with van der Waals surface area (Å²) in [5.74, 6) is 0.777. The molecule has 94 valence electrons. The summed E-state index contributed by atoms with van der Waals surface area (Å²) in [7, 11) is 1.62. The van der Waals surface area contributed by atoms with E-state index in [4.69, 9.17) is 9.47 Å². The standard InChI is InChI=1S/C13H19NO3/c1-4-10-6-7-12(16-3)11(8-10)9-14-13(15)17-5-2/h6-8H,4-5,9H2,1-3H3,(H,14,15). The van der Waals surface area contributed by atoms with Gasteiger partial charge in [0.1, 0.15) is 5.75 Å². The Hall–Kier alpha value is -1.71. The number of carbonyl (C=O) groups is 1. The van der Waals surface area contributed by atoms with Crippen LogP contribution in [0.4, 0.5) is 4.79 Å². The fourth-order valence-corrected chi connectivity index (χ4v) is 1.54. The largest absolute Gasteiger partial charge is 0.496 e. The molecule has 4 heteroatoms. The summed E-state index contributed by atoms with van der Waals surface area (Å²) in [5, 5.41) is 2.68. The van der Waals surface area contributed by atoms with Gasteiger partial charge in [-0.05, 0) is 25.0 Å². The summed E-state index contributed by atoms with van der Waals surface area (Å²) in [5.41, 5.74) is 2.17. The Bertz CT molecular complexity index is 377. The molecule has 1 rings (SSSR count). The quantitative estimate of drug-likeness (QED) is 0.856. The van der Waals surface area contributed by atoms with Gasteiger partial charge in [0.2, 0.25) is 0 Å². The van der Waals surface area contributed by atoms with Gasteiger partial charge in [0.05, 0.1) is 13.7 Å². The van der Waals surface area contributed by atoms with E-state index in [0.717, 1.165) is 17.7 Å². The van der Waals surface area contributed by atoms with Gasteiger partial charge in [-0.15, -0.1) is 0 Å². The average molecular weight is 237 g/mol. The van der Waals surface area contributed by atoms with Crippen molar-refractivity contribution in [3.05, 3.63) is 29.3 Å². The van der Waals surface area contributed by atoms with Crippen molar-refractivity contribution in [1.82, 2.24) is 5.32 Å². The van der Waals surface area contributed by atoms with Crippen LogP contribution < -0.4 is 10.1 Å². The Balaban J connectivity index is 2.70. The molecular weight excluding hydrogens is 218 g/mol. The molecule has 0 saturated heterocycles. The summed E-state index contributed by atoms with van der Waals surface area (Å²) >= 11 is 0. The Kier molecular flexibility index (Phi) is 5.33. The highest BCUT2D eigenvalue weighted by Gasteiger charge is 2.06. The maximum absolute atomic E-state index is 11.2. The SMILES string of the molecule is CCOC(=O)NCc1cc(CC)ccc1OC. The first-order valence-corrected chi connectivity index (χ1v) is 5.77. The molecule has 1 aromatic carbocycles. The predicted molar refractivity (Wildman–Crippen MR) is 66.2 cm³/mol. The second-order valence-electron chi connectivity index (χ2n) is 3.57. The van der Waals surface area contributed by atoms with Gasteiger partial charge in [-0.1, -0.05) is 19.1 Å². The zero-order valence-electron chi connectivity index (χ0n) is 10.6. The van der Waals surface area contributed by atoms with E-state index >= 15 is 0 Å². The molecule has 0 fully saturated rings. The van der Waals surface area contributed by atoms with E-state index in [2.05, 4.69) is 12.2 Å². The van der Waals surface area contributed by atoms with E-state index < -0.39 is 6.09 Å². The lowest BCUT2D eigenvalue weighted by Gasteiger charge is -2.11. The van der Waals surface area contributed by atoms with Gasteiger partial charge < -0.3 is 14.8 Å². The summed E-state index contributed by atoms with van der Waals surface area (Å²) in [6.45, 7) is 4.65. The van der Waals surface area contributed by atoms with E-state index in [1.54, 1.807) is 14.0 Å². The molecule has 0 aromatic heterocycles. The number of benzene rings is 1. The number of methoxy groups -OCH3 is 1. The van der Waals surface area contributed by atoms with Crippen LogP contribution in [-0.2, 0) is 17.7 Å². The van der Waals surface area contributed by atoms with Crippen LogP contribution in [0.1, 0.15) is 25.0 Å². The topological polar surface area (TPSA) is 47.6 Å². The summed E-state index contributed by atoms with van der Waals surface area (Å²) in [6, 6.07) is 5.97. The first-order valence-electron chi connectivity index (χ1n) is 5.77. The van der Waals surface area contributed by atoms with Gasteiger partial charge >= 0.3 is 6.09 Å². The number of ether oxygens (including phenoxy) is 2. The fraction of sp³-hybridized carbons (Fsp3) is 0.462. The van der Waals surface area contributed by atoms with Crippen molar-refractivity contribution in [2.75, 3.05) is 13.7 Å². The monoisotopic (exact) mass is 237 g/mol. The molecule has 1 amide bonds. The minimum Gasteiger partial charge on any atom is -0.496 e. The number of hydrogen-bond acceptors (Lipinski definition) is 3. The molecular formula is C13H19NO3. The van der Waals surface area contributed by atoms with Crippen LogP contribution in [0.25, 0.3) is 0 Å². The molecule has 0 saturated carbocycles.